The summed E-state index contributed by atoms with van der Waals surface area (Å²) in [4.78, 5) is 26.4. The van der Waals surface area contributed by atoms with E-state index in [-0.39, 0.29) is 25.0 Å². The average molecular weight is 372 g/mol. The largest absolute Gasteiger partial charge is 0.484 e. The molecule has 2 aromatic rings. The van der Waals surface area contributed by atoms with Crippen LogP contribution in [0.5, 0.6) is 5.75 Å². The zero-order valence-electron chi connectivity index (χ0n) is 15.7. The first-order valence-corrected chi connectivity index (χ1v) is 9.01. The molecule has 0 fully saturated rings. The average Bonchev–Trinajstić information content (AvgIpc) is 2.70. The van der Waals surface area contributed by atoms with Gasteiger partial charge in [-0.3, -0.25) is 9.59 Å². The quantitative estimate of drug-likeness (QED) is 0.736. The number of hydrogen-bond acceptors (Lipinski definition) is 3. The highest BCUT2D eigenvalue weighted by atomic mass is 19.1. The van der Waals surface area contributed by atoms with Crippen molar-refractivity contribution in [2.75, 3.05) is 13.2 Å². The monoisotopic (exact) mass is 372 g/mol. The second-order valence-corrected chi connectivity index (χ2v) is 6.18. The molecule has 0 heterocycles. The van der Waals surface area contributed by atoms with Crippen LogP contribution < -0.4 is 10.1 Å². The summed E-state index contributed by atoms with van der Waals surface area (Å²) in [7, 11) is 0. The summed E-state index contributed by atoms with van der Waals surface area (Å²) in [6, 6.07) is 14.4. The zero-order chi connectivity index (χ0) is 19.6. The topological polar surface area (TPSA) is 58.6 Å². The van der Waals surface area contributed by atoms with E-state index < -0.39 is 11.9 Å². The second kappa shape index (κ2) is 10.3. The van der Waals surface area contributed by atoms with Crippen molar-refractivity contribution in [3.63, 3.8) is 0 Å². The van der Waals surface area contributed by atoms with Crippen LogP contribution in [0.1, 0.15) is 25.8 Å². The molecular formula is C21H25FN2O3. The van der Waals surface area contributed by atoms with Crippen LogP contribution in [0.15, 0.2) is 54.6 Å². The third-order valence-electron chi connectivity index (χ3n) is 4.12. The van der Waals surface area contributed by atoms with Crippen LogP contribution in [0, 0.1) is 5.82 Å². The third-order valence-corrected chi connectivity index (χ3v) is 4.12. The minimum Gasteiger partial charge on any atom is -0.484 e. The number of carbonyl (C=O) groups excluding carboxylic acids is 2. The normalized spacial score (nSPS) is 11.5. The van der Waals surface area contributed by atoms with E-state index in [0.717, 1.165) is 6.42 Å². The van der Waals surface area contributed by atoms with Crippen molar-refractivity contribution in [3.05, 3.63) is 66.0 Å². The van der Waals surface area contributed by atoms with E-state index >= 15 is 0 Å². The van der Waals surface area contributed by atoms with E-state index in [1.165, 1.54) is 11.0 Å². The molecule has 2 amide bonds. The molecule has 0 spiro atoms. The van der Waals surface area contributed by atoms with Gasteiger partial charge in [-0.05, 0) is 31.5 Å². The molecule has 2 aromatic carbocycles. The van der Waals surface area contributed by atoms with Crippen molar-refractivity contribution in [3.8, 4) is 5.75 Å². The Bertz CT molecular complexity index is 752. The molecule has 1 atom stereocenters. The Labute approximate surface area is 159 Å². The van der Waals surface area contributed by atoms with Gasteiger partial charge in [0.1, 0.15) is 17.6 Å². The molecule has 0 saturated heterocycles. The second-order valence-electron chi connectivity index (χ2n) is 6.18. The molecule has 5 nitrogen and oxygen atoms in total. The summed E-state index contributed by atoms with van der Waals surface area (Å²) in [6.45, 7) is 3.85. The number of halogens is 1. The SMILES string of the molecule is CCCNC(=O)[C@@H](C)N(Cc1ccccc1F)C(=O)COc1ccccc1. The van der Waals surface area contributed by atoms with Gasteiger partial charge in [0.25, 0.3) is 5.91 Å². The molecule has 144 valence electrons. The van der Waals surface area contributed by atoms with Crippen LogP contribution >= 0.6 is 0 Å². The molecule has 0 unspecified atom stereocenters. The Hall–Kier alpha value is -2.89. The molecule has 0 saturated carbocycles. The van der Waals surface area contributed by atoms with Crippen molar-refractivity contribution in [2.24, 2.45) is 0 Å². The van der Waals surface area contributed by atoms with Gasteiger partial charge in [0.15, 0.2) is 6.61 Å². The van der Waals surface area contributed by atoms with E-state index in [9.17, 15) is 14.0 Å². The summed E-state index contributed by atoms with van der Waals surface area (Å²) in [6.07, 6.45) is 0.789. The fourth-order valence-electron chi connectivity index (χ4n) is 2.53. The van der Waals surface area contributed by atoms with Gasteiger partial charge in [-0.25, -0.2) is 4.39 Å². The van der Waals surface area contributed by atoms with E-state index in [0.29, 0.717) is 17.9 Å². The van der Waals surface area contributed by atoms with Crippen molar-refractivity contribution in [2.45, 2.75) is 32.9 Å². The van der Waals surface area contributed by atoms with Gasteiger partial charge in [0, 0.05) is 18.7 Å². The van der Waals surface area contributed by atoms with Gasteiger partial charge in [-0.1, -0.05) is 43.3 Å². The standard InChI is InChI=1S/C21H25FN2O3/c1-3-13-23-21(26)16(2)24(14-17-9-7-8-12-19(17)22)20(25)15-27-18-10-5-4-6-11-18/h4-12,16H,3,13-15H2,1-2H3,(H,23,26)/t16-/m1/s1. The van der Waals surface area contributed by atoms with Crippen LogP contribution in [0.2, 0.25) is 0 Å². The summed E-state index contributed by atoms with van der Waals surface area (Å²) in [5.41, 5.74) is 0.348. The first-order chi connectivity index (χ1) is 13.0. The van der Waals surface area contributed by atoms with Crippen molar-refractivity contribution < 1.29 is 18.7 Å². The molecule has 0 bridgehead atoms. The molecule has 2 rings (SSSR count). The highest BCUT2D eigenvalue weighted by Crippen LogP contribution is 2.14. The predicted octanol–water partition coefficient (Wildman–Crippen LogP) is 3.15. The number of ether oxygens (including phenoxy) is 1. The van der Waals surface area contributed by atoms with Gasteiger partial charge < -0.3 is 15.0 Å². The van der Waals surface area contributed by atoms with Crippen LogP contribution in [0.3, 0.4) is 0 Å². The maximum Gasteiger partial charge on any atom is 0.261 e. The number of benzene rings is 2. The van der Waals surface area contributed by atoms with E-state index in [1.54, 1.807) is 49.4 Å². The molecule has 0 radical (unpaired) electrons. The van der Waals surface area contributed by atoms with Gasteiger partial charge in [0.05, 0.1) is 0 Å². The summed E-state index contributed by atoms with van der Waals surface area (Å²) < 4.78 is 19.6. The van der Waals surface area contributed by atoms with Crippen molar-refractivity contribution in [1.82, 2.24) is 10.2 Å². The highest BCUT2D eigenvalue weighted by Gasteiger charge is 2.27. The van der Waals surface area contributed by atoms with Crippen LogP contribution in [-0.4, -0.2) is 35.9 Å². The number of carbonyl (C=O) groups is 2. The van der Waals surface area contributed by atoms with E-state index in [1.807, 2.05) is 13.0 Å². The maximum absolute atomic E-state index is 14.1. The number of nitrogens with one attached hydrogen (secondary N) is 1. The minimum absolute atomic E-state index is 0.00956. The molecule has 0 aliphatic carbocycles. The van der Waals surface area contributed by atoms with Gasteiger partial charge in [-0.2, -0.15) is 0 Å². The molecule has 0 aliphatic rings. The first-order valence-electron chi connectivity index (χ1n) is 9.01. The van der Waals surface area contributed by atoms with Crippen LogP contribution in [-0.2, 0) is 16.1 Å². The lowest BCUT2D eigenvalue weighted by atomic mass is 10.1. The fraction of sp³-hybridized carbons (Fsp3) is 0.333. The summed E-state index contributed by atoms with van der Waals surface area (Å²) in [5.74, 6) is -0.525. The van der Waals surface area contributed by atoms with E-state index in [4.69, 9.17) is 4.74 Å². The number of nitrogens with zero attached hydrogens (tertiary/aromatic N) is 1. The Morgan fingerprint density at radius 2 is 1.78 bits per heavy atom. The lowest BCUT2D eigenvalue weighted by Crippen LogP contribution is -2.49. The Balaban J connectivity index is 2.13. The number of para-hydroxylation sites is 1. The van der Waals surface area contributed by atoms with E-state index in [2.05, 4.69) is 5.32 Å². The molecule has 1 N–H and O–H groups in total. The minimum atomic E-state index is -0.747. The van der Waals surface area contributed by atoms with Crippen LogP contribution in [0.25, 0.3) is 0 Å². The van der Waals surface area contributed by atoms with Crippen molar-refractivity contribution >= 4 is 11.8 Å². The predicted molar refractivity (Wildman–Crippen MR) is 102 cm³/mol. The van der Waals surface area contributed by atoms with Crippen LogP contribution in [0.4, 0.5) is 4.39 Å². The number of rotatable bonds is 9. The van der Waals surface area contributed by atoms with Gasteiger partial charge in [-0.15, -0.1) is 0 Å². The maximum atomic E-state index is 14.1. The summed E-state index contributed by atoms with van der Waals surface area (Å²) in [5, 5.41) is 2.77. The fourth-order valence-corrected chi connectivity index (χ4v) is 2.53. The Kier molecular flexibility index (Phi) is 7.79. The highest BCUT2D eigenvalue weighted by molar-refractivity contribution is 5.87. The molecule has 0 aromatic heterocycles. The lowest BCUT2D eigenvalue weighted by Gasteiger charge is -2.28. The summed E-state index contributed by atoms with van der Waals surface area (Å²) >= 11 is 0. The van der Waals surface area contributed by atoms with Gasteiger partial charge >= 0.3 is 0 Å². The smallest absolute Gasteiger partial charge is 0.261 e. The zero-order valence-corrected chi connectivity index (χ0v) is 15.7. The number of amides is 2. The third kappa shape index (κ3) is 6.09. The molecule has 6 heteroatoms. The number of hydrogen-bond donors (Lipinski definition) is 1. The Morgan fingerprint density at radius 3 is 2.44 bits per heavy atom. The van der Waals surface area contributed by atoms with Gasteiger partial charge in [0.2, 0.25) is 5.91 Å². The first kappa shape index (κ1) is 20.4. The van der Waals surface area contributed by atoms with Crippen molar-refractivity contribution in [1.29, 1.82) is 0 Å². The molecule has 0 aliphatic heterocycles. The Morgan fingerprint density at radius 1 is 1.11 bits per heavy atom. The molecular weight excluding hydrogens is 347 g/mol. The lowest BCUT2D eigenvalue weighted by molar-refractivity contribution is -0.142. The molecule has 27 heavy (non-hydrogen) atoms.